The minimum absolute atomic E-state index is 0.288. The smallest absolute Gasteiger partial charge is 0.130 e. The molecule has 0 saturated carbocycles. The average Bonchev–Trinajstić information content (AvgIpc) is 2.63. The van der Waals surface area contributed by atoms with Crippen molar-refractivity contribution in [3.63, 3.8) is 0 Å². The third-order valence-electron chi connectivity index (χ3n) is 2.52. The first-order valence-electron chi connectivity index (χ1n) is 5.17. The highest BCUT2D eigenvalue weighted by molar-refractivity contribution is 9.10. The maximum Gasteiger partial charge on any atom is 0.130 e. The molecule has 0 fully saturated rings. The summed E-state index contributed by atoms with van der Waals surface area (Å²) in [6, 6.07) is 4.65. The molecular weight excluding hydrogens is 287 g/mol. The van der Waals surface area contributed by atoms with Crippen molar-refractivity contribution in [3.05, 3.63) is 52.0 Å². The molecule has 2 aromatic rings. The third-order valence-corrected chi connectivity index (χ3v) is 3.21. The molecule has 1 aromatic heterocycles. The van der Waals surface area contributed by atoms with Crippen molar-refractivity contribution in [2.75, 3.05) is 0 Å². The van der Waals surface area contributed by atoms with Crippen LogP contribution in [0.4, 0.5) is 4.39 Å². The lowest BCUT2D eigenvalue weighted by Crippen LogP contribution is -2.05. The Kier molecular flexibility index (Phi) is 3.59. The summed E-state index contributed by atoms with van der Waals surface area (Å²) in [4.78, 5) is 0. The Morgan fingerprint density at radius 3 is 2.88 bits per heavy atom. The number of aliphatic hydroxyl groups is 1. The van der Waals surface area contributed by atoms with Gasteiger partial charge >= 0.3 is 0 Å². The summed E-state index contributed by atoms with van der Waals surface area (Å²) in [6.07, 6.45) is 2.93. The monoisotopic (exact) mass is 298 g/mol. The Labute approximate surface area is 107 Å². The molecule has 1 N–H and O–H groups in total. The Balaban J connectivity index is 2.22. The van der Waals surface area contributed by atoms with Crippen LogP contribution in [0.25, 0.3) is 0 Å². The highest BCUT2D eigenvalue weighted by atomic mass is 79.9. The zero-order valence-corrected chi connectivity index (χ0v) is 10.9. The van der Waals surface area contributed by atoms with Crippen LogP contribution in [-0.2, 0) is 13.5 Å². The maximum atomic E-state index is 13.6. The van der Waals surface area contributed by atoms with Crippen molar-refractivity contribution in [1.82, 2.24) is 9.78 Å². The second-order valence-corrected chi connectivity index (χ2v) is 4.73. The Morgan fingerprint density at radius 2 is 2.29 bits per heavy atom. The van der Waals surface area contributed by atoms with Crippen LogP contribution in [0.5, 0.6) is 0 Å². The minimum Gasteiger partial charge on any atom is -0.388 e. The van der Waals surface area contributed by atoms with Gasteiger partial charge in [-0.3, -0.25) is 4.68 Å². The molecule has 90 valence electrons. The van der Waals surface area contributed by atoms with Crippen LogP contribution in [0.3, 0.4) is 0 Å². The fourth-order valence-electron chi connectivity index (χ4n) is 1.73. The number of aryl methyl sites for hydroxylation is 1. The quantitative estimate of drug-likeness (QED) is 0.946. The van der Waals surface area contributed by atoms with E-state index in [4.69, 9.17) is 0 Å². The molecule has 1 aromatic carbocycles. The lowest BCUT2D eigenvalue weighted by molar-refractivity contribution is 0.173. The normalized spacial score (nSPS) is 12.7. The van der Waals surface area contributed by atoms with Crippen molar-refractivity contribution >= 4 is 15.9 Å². The van der Waals surface area contributed by atoms with E-state index in [0.29, 0.717) is 10.9 Å². The summed E-state index contributed by atoms with van der Waals surface area (Å²) in [5.41, 5.74) is 1.16. The van der Waals surface area contributed by atoms with Crippen LogP contribution in [0.2, 0.25) is 0 Å². The number of aromatic nitrogens is 2. The summed E-state index contributed by atoms with van der Waals surface area (Å²) in [6.45, 7) is 0. The summed E-state index contributed by atoms with van der Waals surface area (Å²) >= 11 is 3.25. The van der Waals surface area contributed by atoms with E-state index in [-0.39, 0.29) is 5.56 Å². The van der Waals surface area contributed by atoms with Crippen molar-refractivity contribution in [2.45, 2.75) is 12.5 Å². The Morgan fingerprint density at radius 1 is 1.53 bits per heavy atom. The zero-order valence-electron chi connectivity index (χ0n) is 9.27. The average molecular weight is 299 g/mol. The van der Waals surface area contributed by atoms with Crippen LogP contribution in [0.1, 0.15) is 17.2 Å². The second kappa shape index (κ2) is 4.98. The van der Waals surface area contributed by atoms with Crippen molar-refractivity contribution < 1.29 is 9.50 Å². The van der Waals surface area contributed by atoms with Crippen LogP contribution < -0.4 is 0 Å². The minimum atomic E-state index is -0.880. The number of rotatable bonds is 3. The number of benzene rings is 1. The van der Waals surface area contributed by atoms with Gasteiger partial charge in [-0.15, -0.1) is 0 Å². The van der Waals surface area contributed by atoms with E-state index in [0.717, 1.165) is 5.56 Å². The Hall–Kier alpha value is -1.20. The molecule has 1 unspecified atom stereocenters. The van der Waals surface area contributed by atoms with E-state index < -0.39 is 11.9 Å². The molecule has 1 heterocycles. The van der Waals surface area contributed by atoms with Crippen LogP contribution in [-0.4, -0.2) is 14.9 Å². The zero-order chi connectivity index (χ0) is 12.4. The molecule has 0 aliphatic rings. The largest absolute Gasteiger partial charge is 0.388 e. The molecule has 0 bridgehead atoms. The summed E-state index contributed by atoms with van der Waals surface area (Å²) in [7, 11) is 1.80. The van der Waals surface area contributed by atoms with Gasteiger partial charge in [0.25, 0.3) is 0 Å². The van der Waals surface area contributed by atoms with Crippen molar-refractivity contribution in [1.29, 1.82) is 0 Å². The summed E-state index contributed by atoms with van der Waals surface area (Å²) in [5.74, 6) is -0.407. The van der Waals surface area contributed by atoms with Gasteiger partial charge in [0.1, 0.15) is 5.82 Å². The van der Waals surface area contributed by atoms with Gasteiger partial charge in [0.2, 0.25) is 0 Å². The lowest BCUT2D eigenvalue weighted by Gasteiger charge is -2.12. The molecule has 0 aliphatic heterocycles. The van der Waals surface area contributed by atoms with Gasteiger partial charge in [0, 0.05) is 29.7 Å². The number of nitrogens with zero attached hydrogens (tertiary/aromatic N) is 2. The maximum absolute atomic E-state index is 13.6. The van der Waals surface area contributed by atoms with E-state index in [2.05, 4.69) is 21.0 Å². The van der Waals surface area contributed by atoms with E-state index in [1.807, 2.05) is 0 Å². The molecule has 0 radical (unpaired) electrons. The molecule has 3 nitrogen and oxygen atoms in total. The SMILES string of the molecule is Cn1cc(CC(O)c2c(F)cccc2Br)cn1. The molecule has 0 aliphatic carbocycles. The number of aliphatic hydroxyl groups excluding tert-OH is 1. The van der Waals surface area contributed by atoms with E-state index >= 15 is 0 Å². The molecule has 0 saturated heterocycles. The van der Waals surface area contributed by atoms with Crippen LogP contribution in [0.15, 0.2) is 35.1 Å². The first-order valence-corrected chi connectivity index (χ1v) is 5.96. The lowest BCUT2D eigenvalue weighted by atomic mass is 10.0. The van der Waals surface area contributed by atoms with E-state index in [1.165, 1.54) is 6.07 Å². The summed E-state index contributed by atoms with van der Waals surface area (Å²) < 4.78 is 15.8. The number of hydrogen-bond acceptors (Lipinski definition) is 2. The third kappa shape index (κ3) is 2.73. The fraction of sp³-hybridized carbons (Fsp3) is 0.250. The van der Waals surface area contributed by atoms with Gasteiger partial charge in [-0.25, -0.2) is 4.39 Å². The topological polar surface area (TPSA) is 38.0 Å². The van der Waals surface area contributed by atoms with Crippen molar-refractivity contribution in [2.24, 2.45) is 7.05 Å². The second-order valence-electron chi connectivity index (χ2n) is 3.88. The molecule has 5 heteroatoms. The highest BCUT2D eigenvalue weighted by Crippen LogP contribution is 2.28. The predicted molar refractivity (Wildman–Crippen MR) is 66.0 cm³/mol. The molecule has 1 atom stereocenters. The first-order chi connectivity index (χ1) is 8.08. The van der Waals surface area contributed by atoms with Crippen molar-refractivity contribution in [3.8, 4) is 0 Å². The standard InChI is InChI=1S/C12H12BrFN2O/c1-16-7-8(6-15-16)5-11(17)12-9(13)3-2-4-10(12)14/h2-4,6-7,11,17H,5H2,1H3. The van der Waals surface area contributed by atoms with Gasteiger partial charge in [-0.2, -0.15) is 5.10 Å². The first kappa shape index (κ1) is 12.3. The fourth-order valence-corrected chi connectivity index (χ4v) is 2.34. The molecular formula is C12H12BrFN2O. The predicted octanol–water partition coefficient (Wildman–Crippen LogP) is 2.60. The van der Waals surface area contributed by atoms with Gasteiger partial charge < -0.3 is 5.11 Å². The number of halogens is 2. The highest BCUT2D eigenvalue weighted by Gasteiger charge is 2.17. The molecule has 2 rings (SSSR count). The molecule has 17 heavy (non-hydrogen) atoms. The van der Waals surface area contributed by atoms with E-state index in [1.54, 1.807) is 36.3 Å². The van der Waals surface area contributed by atoms with Gasteiger partial charge in [-0.1, -0.05) is 22.0 Å². The van der Waals surface area contributed by atoms with E-state index in [9.17, 15) is 9.50 Å². The van der Waals surface area contributed by atoms with Crippen LogP contribution in [0, 0.1) is 5.82 Å². The van der Waals surface area contributed by atoms with Gasteiger partial charge in [-0.05, 0) is 17.7 Å². The van der Waals surface area contributed by atoms with Gasteiger partial charge in [0.15, 0.2) is 0 Å². The van der Waals surface area contributed by atoms with Crippen LogP contribution >= 0.6 is 15.9 Å². The van der Waals surface area contributed by atoms with Gasteiger partial charge in [0.05, 0.1) is 12.3 Å². The molecule has 0 spiro atoms. The Bertz CT molecular complexity index is 507. The summed E-state index contributed by atoms with van der Waals surface area (Å²) in [5, 5.41) is 14.0. The number of hydrogen-bond donors (Lipinski definition) is 1. The molecule has 0 amide bonds.